The van der Waals surface area contributed by atoms with E-state index in [1.807, 2.05) is 17.0 Å². The molecule has 1 aliphatic rings. The molecule has 4 heteroatoms. The number of rotatable bonds is 2. The second-order valence-electron chi connectivity index (χ2n) is 4.03. The molecule has 0 unspecified atom stereocenters. The fourth-order valence-corrected chi connectivity index (χ4v) is 2.05. The van der Waals surface area contributed by atoms with Crippen molar-refractivity contribution in [2.24, 2.45) is 0 Å². The van der Waals surface area contributed by atoms with Gasteiger partial charge in [-0.1, -0.05) is 30.3 Å². The van der Waals surface area contributed by atoms with Gasteiger partial charge < -0.3 is 10.2 Å². The fraction of sp³-hybridized carbons (Fsp3) is 0.308. The van der Waals surface area contributed by atoms with E-state index < -0.39 is 0 Å². The van der Waals surface area contributed by atoms with Crippen molar-refractivity contribution < 1.29 is 4.79 Å². The van der Waals surface area contributed by atoms with Crippen LogP contribution in [0.15, 0.2) is 30.8 Å². The zero-order valence-electron chi connectivity index (χ0n) is 9.58. The zero-order chi connectivity index (χ0) is 12.3. The third-order valence-electron chi connectivity index (χ3n) is 2.84. The van der Waals surface area contributed by atoms with Crippen LogP contribution in [0.4, 0.5) is 0 Å². The van der Waals surface area contributed by atoms with Crippen molar-refractivity contribution >= 4 is 23.1 Å². The molecule has 0 atom stereocenters. The highest BCUT2D eigenvalue weighted by molar-refractivity contribution is 6.31. The second kappa shape index (κ2) is 5.34. The number of nitrogens with zero attached hydrogens (tertiary/aromatic N) is 1. The Balaban J connectivity index is 2.11. The van der Waals surface area contributed by atoms with E-state index in [1.165, 1.54) is 0 Å². The van der Waals surface area contributed by atoms with Crippen molar-refractivity contribution in [1.82, 2.24) is 10.2 Å². The number of benzene rings is 1. The molecule has 3 nitrogen and oxygen atoms in total. The number of carbonyl (C=O) groups excluding carboxylic acids is 1. The van der Waals surface area contributed by atoms with Crippen LogP contribution in [0.5, 0.6) is 0 Å². The summed E-state index contributed by atoms with van der Waals surface area (Å²) in [6.45, 7) is 7.02. The zero-order valence-corrected chi connectivity index (χ0v) is 10.3. The van der Waals surface area contributed by atoms with E-state index in [0.717, 1.165) is 31.7 Å². The van der Waals surface area contributed by atoms with Crippen LogP contribution >= 0.6 is 11.6 Å². The largest absolute Gasteiger partial charge is 0.336 e. The van der Waals surface area contributed by atoms with Gasteiger partial charge in [-0.25, -0.2) is 0 Å². The van der Waals surface area contributed by atoms with Crippen LogP contribution in [-0.2, 0) is 4.79 Å². The molecular formula is C13H15ClN2O. The molecule has 1 fully saturated rings. The van der Waals surface area contributed by atoms with Crippen LogP contribution < -0.4 is 5.32 Å². The second-order valence-corrected chi connectivity index (χ2v) is 4.47. The van der Waals surface area contributed by atoms with Crippen molar-refractivity contribution in [3.05, 3.63) is 41.4 Å². The molecule has 1 aromatic rings. The number of carbonyl (C=O) groups is 1. The summed E-state index contributed by atoms with van der Waals surface area (Å²) in [5.74, 6) is -0.00577. The standard InChI is InChI=1S/C13H15ClN2O/c1-10(11-3-2-4-12(14)9-11)13(17)16-7-5-15-6-8-16/h2-4,9,15H,1,5-8H2. The summed E-state index contributed by atoms with van der Waals surface area (Å²) in [4.78, 5) is 14.0. The van der Waals surface area contributed by atoms with Crippen LogP contribution in [0.2, 0.25) is 5.02 Å². The maximum Gasteiger partial charge on any atom is 0.253 e. The molecule has 1 aliphatic heterocycles. The summed E-state index contributed by atoms with van der Waals surface area (Å²) in [7, 11) is 0. The minimum atomic E-state index is -0.00577. The van der Waals surface area contributed by atoms with Crippen LogP contribution in [0.3, 0.4) is 0 Å². The Morgan fingerprint density at radius 1 is 1.35 bits per heavy atom. The number of nitrogens with one attached hydrogen (secondary N) is 1. The third kappa shape index (κ3) is 2.87. The molecule has 1 N–H and O–H groups in total. The van der Waals surface area contributed by atoms with Gasteiger partial charge in [0.2, 0.25) is 0 Å². The summed E-state index contributed by atoms with van der Waals surface area (Å²) in [5, 5.41) is 3.83. The summed E-state index contributed by atoms with van der Waals surface area (Å²) in [6, 6.07) is 7.24. The molecule has 1 amide bonds. The van der Waals surface area contributed by atoms with Crippen molar-refractivity contribution in [3.8, 4) is 0 Å². The first-order chi connectivity index (χ1) is 8.18. The van der Waals surface area contributed by atoms with E-state index in [4.69, 9.17) is 11.6 Å². The lowest BCUT2D eigenvalue weighted by molar-refractivity contribution is -0.125. The molecule has 0 radical (unpaired) electrons. The Morgan fingerprint density at radius 3 is 2.71 bits per heavy atom. The summed E-state index contributed by atoms with van der Waals surface area (Å²) in [6.07, 6.45) is 0. The molecule has 1 aromatic carbocycles. The van der Waals surface area contributed by atoms with Crippen LogP contribution in [0.25, 0.3) is 5.57 Å². The minimum absolute atomic E-state index is 0.00577. The van der Waals surface area contributed by atoms with Crippen LogP contribution in [0.1, 0.15) is 5.56 Å². The predicted molar refractivity (Wildman–Crippen MR) is 69.9 cm³/mol. The quantitative estimate of drug-likeness (QED) is 0.812. The average molecular weight is 251 g/mol. The van der Waals surface area contributed by atoms with Gasteiger partial charge in [-0.3, -0.25) is 4.79 Å². The molecule has 90 valence electrons. The van der Waals surface area contributed by atoms with Gasteiger partial charge in [0.25, 0.3) is 5.91 Å². The van der Waals surface area contributed by atoms with E-state index in [1.54, 1.807) is 12.1 Å². The Labute approximate surface area is 106 Å². The van der Waals surface area contributed by atoms with Gasteiger partial charge in [0.05, 0.1) is 0 Å². The normalized spacial score (nSPS) is 15.7. The highest BCUT2D eigenvalue weighted by Crippen LogP contribution is 2.19. The molecule has 0 aliphatic carbocycles. The van der Waals surface area contributed by atoms with Gasteiger partial charge in [-0.05, 0) is 17.7 Å². The van der Waals surface area contributed by atoms with Crippen molar-refractivity contribution in [2.75, 3.05) is 26.2 Å². The first-order valence-electron chi connectivity index (χ1n) is 5.63. The first kappa shape index (κ1) is 12.1. The molecule has 1 saturated heterocycles. The summed E-state index contributed by atoms with van der Waals surface area (Å²) >= 11 is 5.90. The molecule has 0 saturated carbocycles. The average Bonchev–Trinajstić information content (AvgIpc) is 2.38. The highest BCUT2D eigenvalue weighted by atomic mass is 35.5. The van der Waals surface area contributed by atoms with Gasteiger partial charge in [-0.15, -0.1) is 0 Å². The Kier molecular flexibility index (Phi) is 3.82. The van der Waals surface area contributed by atoms with E-state index in [0.29, 0.717) is 10.6 Å². The van der Waals surface area contributed by atoms with E-state index >= 15 is 0 Å². The number of amides is 1. The molecule has 1 heterocycles. The Morgan fingerprint density at radius 2 is 2.06 bits per heavy atom. The van der Waals surface area contributed by atoms with E-state index in [-0.39, 0.29) is 5.91 Å². The molecule has 2 rings (SSSR count). The molecule has 0 aromatic heterocycles. The minimum Gasteiger partial charge on any atom is -0.336 e. The summed E-state index contributed by atoms with van der Waals surface area (Å²) in [5.41, 5.74) is 1.30. The number of hydrogen-bond acceptors (Lipinski definition) is 2. The number of hydrogen-bond donors (Lipinski definition) is 1. The lowest BCUT2D eigenvalue weighted by atomic mass is 10.1. The molecule has 17 heavy (non-hydrogen) atoms. The van der Waals surface area contributed by atoms with Crippen LogP contribution in [-0.4, -0.2) is 37.0 Å². The third-order valence-corrected chi connectivity index (χ3v) is 3.07. The van der Waals surface area contributed by atoms with Gasteiger partial charge >= 0.3 is 0 Å². The Bertz CT molecular complexity index is 439. The van der Waals surface area contributed by atoms with Crippen molar-refractivity contribution in [2.45, 2.75) is 0 Å². The number of piperazine rings is 1. The van der Waals surface area contributed by atoms with E-state index in [9.17, 15) is 4.79 Å². The SMILES string of the molecule is C=C(C(=O)N1CCNCC1)c1cccc(Cl)c1. The van der Waals surface area contributed by atoms with E-state index in [2.05, 4.69) is 11.9 Å². The lowest BCUT2D eigenvalue weighted by Crippen LogP contribution is -2.46. The van der Waals surface area contributed by atoms with Gasteiger partial charge in [-0.2, -0.15) is 0 Å². The summed E-state index contributed by atoms with van der Waals surface area (Å²) < 4.78 is 0. The van der Waals surface area contributed by atoms with Crippen molar-refractivity contribution in [3.63, 3.8) is 0 Å². The monoisotopic (exact) mass is 250 g/mol. The maximum absolute atomic E-state index is 12.2. The van der Waals surface area contributed by atoms with Crippen molar-refractivity contribution in [1.29, 1.82) is 0 Å². The van der Waals surface area contributed by atoms with Gasteiger partial charge in [0.1, 0.15) is 0 Å². The maximum atomic E-state index is 12.2. The first-order valence-corrected chi connectivity index (χ1v) is 6.01. The highest BCUT2D eigenvalue weighted by Gasteiger charge is 2.19. The fourth-order valence-electron chi connectivity index (χ4n) is 1.86. The predicted octanol–water partition coefficient (Wildman–Crippen LogP) is 1.78. The van der Waals surface area contributed by atoms with Gasteiger partial charge in [0.15, 0.2) is 0 Å². The topological polar surface area (TPSA) is 32.3 Å². The van der Waals surface area contributed by atoms with Gasteiger partial charge in [0, 0.05) is 36.8 Å². The smallest absolute Gasteiger partial charge is 0.253 e. The molecule has 0 spiro atoms. The lowest BCUT2D eigenvalue weighted by Gasteiger charge is -2.28. The molecule has 0 bridgehead atoms. The number of halogens is 1. The van der Waals surface area contributed by atoms with Crippen LogP contribution in [0, 0.1) is 0 Å². The Hall–Kier alpha value is -1.32. The molecular weight excluding hydrogens is 236 g/mol.